The predicted octanol–water partition coefficient (Wildman–Crippen LogP) is 13.4. The van der Waals surface area contributed by atoms with E-state index in [0.717, 1.165) is 92.6 Å². The summed E-state index contributed by atoms with van der Waals surface area (Å²) in [5, 5.41) is 2.06. The molecule has 0 saturated heterocycles. The largest absolute Gasteiger partial charge is 0.437 e. The summed E-state index contributed by atoms with van der Waals surface area (Å²) in [4.78, 5) is 19.3. The summed E-state index contributed by atoms with van der Waals surface area (Å²) >= 11 is 0. The lowest BCUT2D eigenvalue weighted by Crippen LogP contribution is -1.98. The van der Waals surface area contributed by atoms with E-state index in [1.807, 2.05) is 43.7 Å². The van der Waals surface area contributed by atoms with E-state index in [0.29, 0.717) is 5.71 Å². The third-order valence-corrected chi connectivity index (χ3v) is 11.3. The predicted molar refractivity (Wildman–Crippen MR) is 245 cm³/mol. The molecule has 288 valence electrons. The smallest absolute Gasteiger partial charge is 0.227 e. The zero-order valence-electron chi connectivity index (χ0n) is 33.4. The summed E-state index contributed by atoms with van der Waals surface area (Å²) in [5.41, 5.74) is 18.1. The zero-order valence-corrected chi connectivity index (χ0v) is 33.4. The number of aromatic nitrogens is 4. The molecule has 0 aliphatic rings. The van der Waals surface area contributed by atoms with Crippen molar-refractivity contribution in [3.63, 3.8) is 0 Å². The van der Waals surface area contributed by atoms with Gasteiger partial charge in [-0.15, -0.1) is 0 Å². The average molecular weight is 775 g/mol. The van der Waals surface area contributed by atoms with Crippen molar-refractivity contribution in [1.82, 2.24) is 19.9 Å². The Labute approximate surface area is 350 Å². The fourth-order valence-electron chi connectivity index (χ4n) is 8.16. The Morgan fingerprint density at radius 1 is 0.383 bits per heavy atom. The van der Waals surface area contributed by atoms with Gasteiger partial charge in [-0.25, -0.2) is 4.98 Å². The van der Waals surface area contributed by atoms with Gasteiger partial charge in [0.2, 0.25) is 5.71 Å². The van der Waals surface area contributed by atoms with Gasteiger partial charge < -0.3 is 4.42 Å². The standard InChI is InChI=1S/C55H42N4O/c1-37-19-27-49-48-17-10-18-50(54(48)60-55(49)59-37)53-30-26-44(36-58-53)46-15-8-9-16-47(46)45-32-40(22-20-38-24-28-51(56-34-38)42-11-4-2-5-12-42)31-41(33-45)23-21-39-25-29-52(57-35-39)43-13-6-3-7-14-43/h2-19,24-36H,20-23H2,1H3. The van der Waals surface area contributed by atoms with Crippen molar-refractivity contribution in [3.8, 4) is 56.0 Å². The lowest BCUT2D eigenvalue weighted by atomic mass is 9.90. The maximum Gasteiger partial charge on any atom is 0.227 e. The summed E-state index contributed by atoms with van der Waals surface area (Å²) in [7, 11) is 0. The summed E-state index contributed by atoms with van der Waals surface area (Å²) in [6.07, 6.45) is 9.64. The van der Waals surface area contributed by atoms with Crippen molar-refractivity contribution < 1.29 is 4.42 Å². The number of furan rings is 1. The third-order valence-electron chi connectivity index (χ3n) is 11.3. The molecule has 5 nitrogen and oxygen atoms in total. The van der Waals surface area contributed by atoms with Crippen molar-refractivity contribution in [1.29, 1.82) is 0 Å². The van der Waals surface area contributed by atoms with E-state index in [2.05, 4.69) is 157 Å². The highest BCUT2D eigenvalue weighted by Crippen LogP contribution is 2.37. The Morgan fingerprint density at radius 3 is 1.52 bits per heavy atom. The van der Waals surface area contributed by atoms with Crippen molar-refractivity contribution in [2.24, 2.45) is 0 Å². The normalized spacial score (nSPS) is 11.3. The van der Waals surface area contributed by atoms with Crippen molar-refractivity contribution in [2.45, 2.75) is 32.6 Å². The maximum atomic E-state index is 6.32. The number of para-hydroxylation sites is 1. The van der Waals surface area contributed by atoms with Crippen LogP contribution in [0.2, 0.25) is 0 Å². The average Bonchev–Trinajstić information content (AvgIpc) is 3.69. The minimum atomic E-state index is 0.653. The molecular weight excluding hydrogens is 733 g/mol. The molecule has 10 aromatic rings. The topological polar surface area (TPSA) is 64.7 Å². The highest BCUT2D eigenvalue weighted by atomic mass is 16.3. The molecule has 60 heavy (non-hydrogen) atoms. The van der Waals surface area contributed by atoms with E-state index in [9.17, 15) is 0 Å². The summed E-state index contributed by atoms with van der Waals surface area (Å²) in [6.45, 7) is 1.98. The molecule has 0 atom stereocenters. The number of hydrogen-bond acceptors (Lipinski definition) is 5. The summed E-state index contributed by atoms with van der Waals surface area (Å²) < 4.78 is 6.32. The van der Waals surface area contributed by atoms with Crippen LogP contribution in [0, 0.1) is 6.92 Å². The molecule has 0 aliphatic heterocycles. The number of benzene rings is 5. The number of pyridine rings is 4. The monoisotopic (exact) mass is 774 g/mol. The molecule has 5 heterocycles. The molecule has 0 saturated carbocycles. The first-order chi connectivity index (χ1) is 29.6. The van der Waals surface area contributed by atoms with Crippen LogP contribution in [0.15, 0.2) is 193 Å². The lowest BCUT2D eigenvalue weighted by molar-refractivity contribution is 0.653. The minimum absolute atomic E-state index is 0.653. The van der Waals surface area contributed by atoms with Gasteiger partial charge in [-0.1, -0.05) is 133 Å². The Bertz CT molecular complexity index is 2960. The van der Waals surface area contributed by atoms with Gasteiger partial charge in [0.15, 0.2) is 0 Å². The molecule has 0 unspecified atom stereocenters. The molecule has 5 aromatic heterocycles. The fourth-order valence-corrected chi connectivity index (χ4v) is 8.16. The Kier molecular flexibility index (Phi) is 10.1. The third kappa shape index (κ3) is 7.73. The summed E-state index contributed by atoms with van der Waals surface area (Å²) in [5.74, 6) is 0. The first kappa shape index (κ1) is 36.8. The van der Waals surface area contributed by atoms with Crippen LogP contribution >= 0.6 is 0 Å². The number of nitrogens with zero attached hydrogens (tertiary/aromatic N) is 4. The highest BCUT2D eigenvalue weighted by molar-refractivity contribution is 6.08. The molecule has 0 N–H and O–H groups in total. The van der Waals surface area contributed by atoms with E-state index in [4.69, 9.17) is 19.4 Å². The van der Waals surface area contributed by atoms with Crippen LogP contribution < -0.4 is 0 Å². The molecule has 0 aliphatic carbocycles. The van der Waals surface area contributed by atoms with Gasteiger partial charge >= 0.3 is 0 Å². The van der Waals surface area contributed by atoms with Crippen molar-refractivity contribution in [3.05, 3.63) is 216 Å². The highest BCUT2D eigenvalue weighted by Gasteiger charge is 2.16. The zero-order chi connectivity index (χ0) is 40.3. The second-order valence-electron chi connectivity index (χ2n) is 15.4. The summed E-state index contributed by atoms with van der Waals surface area (Å²) in [6, 6.07) is 59.8. The lowest BCUT2D eigenvalue weighted by Gasteiger charge is -2.15. The van der Waals surface area contributed by atoms with Crippen LogP contribution in [-0.2, 0) is 25.7 Å². The van der Waals surface area contributed by atoms with Crippen LogP contribution in [0.4, 0.5) is 0 Å². The van der Waals surface area contributed by atoms with E-state index in [1.54, 1.807) is 0 Å². The van der Waals surface area contributed by atoms with E-state index >= 15 is 0 Å². The molecule has 5 heteroatoms. The van der Waals surface area contributed by atoms with Crippen LogP contribution in [0.25, 0.3) is 78.1 Å². The number of aryl methyl sites for hydroxylation is 5. The van der Waals surface area contributed by atoms with Gasteiger partial charge in [-0.2, -0.15) is 0 Å². The molecule has 0 radical (unpaired) electrons. The molecule has 5 aromatic carbocycles. The van der Waals surface area contributed by atoms with Crippen LogP contribution in [0.5, 0.6) is 0 Å². The fraction of sp³-hybridized carbons (Fsp3) is 0.0909. The molecule has 0 amide bonds. The van der Waals surface area contributed by atoms with Crippen molar-refractivity contribution in [2.75, 3.05) is 0 Å². The molecule has 0 spiro atoms. The molecule has 0 bridgehead atoms. The van der Waals surface area contributed by atoms with Gasteiger partial charge in [-0.05, 0) is 108 Å². The second-order valence-corrected chi connectivity index (χ2v) is 15.4. The van der Waals surface area contributed by atoms with Crippen LogP contribution in [0.3, 0.4) is 0 Å². The van der Waals surface area contributed by atoms with Gasteiger partial charge in [0.1, 0.15) is 5.58 Å². The molecule has 0 fully saturated rings. The minimum Gasteiger partial charge on any atom is -0.437 e. The second kappa shape index (κ2) is 16.4. The SMILES string of the molecule is Cc1ccc2c(n1)oc1c(-c3ccc(-c4ccccc4-c4cc(CCc5ccc(-c6ccccc6)nc5)cc(CCc5ccc(-c6ccccc6)nc5)c4)cn3)cccc12. The Hall–Kier alpha value is -7.50. The van der Waals surface area contributed by atoms with Gasteiger partial charge in [-0.3, -0.25) is 15.0 Å². The Balaban J connectivity index is 0.952. The Morgan fingerprint density at radius 2 is 0.933 bits per heavy atom. The first-order valence-electron chi connectivity index (χ1n) is 20.6. The first-order valence-corrected chi connectivity index (χ1v) is 20.6. The molecular formula is C55H42N4O. The van der Waals surface area contributed by atoms with Crippen LogP contribution in [-0.4, -0.2) is 19.9 Å². The van der Waals surface area contributed by atoms with Crippen molar-refractivity contribution >= 4 is 22.1 Å². The van der Waals surface area contributed by atoms with Gasteiger partial charge in [0.25, 0.3) is 0 Å². The number of hydrogen-bond donors (Lipinski definition) is 0. The quantitative estimate of drug-likeness (QED) is 0.131. The number of rotatable bonds is 11. The van der Waals surface area contributed by atoms with Crippen LogP contribution in [0.1, 0.15) is 27.9 Å². The van der Waals surface area contributed by atoms with E-state index in [1.165, 1.54) is 33.4 Å². The van der Waals surface area contributed by atoms with Gasteiger partial charge in [0, 0.05) is 57.3 Å². The van der Waals surface area contributed by atoms with E-state index < -0.39 is 0 Å². The van der Waals surface area contributed by atoms with Gasteiger partial charge in [0.05, 0.1) is 17.1 Å². The number of fused-ring (bicyclic) bond motifs is 3. The molecule has 10 rings (SSSR count). The maximum absolute atomic E-state index is 6.32. The van der Waals surface area contributed by atoms with E-state index in [-0.39, 0.29) is 0 Å².